The van der Waals surface area contributed by atoms with Crippen molar-refractivity contribution in [1.29, 1.82) is 0 Å². The van der Waals surface area contributed by atoms with Crippen molar-refractivity contribution in [2.45, 2.75) is 62.7 Å². The van der Waals surface area contributed by atoms with Gasteiger partial charge in [0.2, 0.25) is 23.6 Å². The Bertz CT molecular complexity index is 905. The summed E-state index contributed by atoms with van der Waals surface area (Å²) in [5.41, 5.74) is 20.9. The molecule has 0 aliphatic heterocycles. The van der Waals surface area contributed by atoms with E-state index in [2.05, 4.69) is 20.9 Å². The van der Waals surface area contributed by atoms with Crippen molar-refractivity contribution in [1.82, 2.24) is 16.0 Å². The number of hydrogen-bond acceptors (Lipinski definition) is 9. The molecule has 18 nitrogen and oxygen atoms in total. The summed E-state index contributed by atoms with van der Waals surface area (Å²) < 4.78 is 0. The van der Waals surface area contributed by atoms with Crippen molar-refractivity contribution in [3.05, 3.63) is 0 Å². The van der Waals surface area contributed by atoms with Crippen molar-refractivity contribution < 1.29 is 48.9 Å². The number of amides is 4. The molecule has 0 radical (unpaired) electrons. The van der Waals surface area contributed by atoms with Gasteiger partial charge in [-0.2, -0.15) is 0 Å². The van der Waals surface area contributed by atoms with Crippen LogP contribution in [0.1, 0.15) is 38.5 Å². The van der Waals surface area contributed by atoms with E-state index < -0.39 is 91.4 Å². The molecular formula is C19H32N8O10. The summed E-state index contributed by atoms with van der Waals surface area (Å²) in [5, 5.41) is 33.6. The summed E-state index contributed by atoms with van der Waals surface area (Å²) in [6, 6.07) is -6.38. The minimum absolute atomic E-state index is 0.0581. The van der Waals surface area contributed by atoms with Crippen LogP contribution in [0.3, 0.4) is 0 Å². The fourth-order valence-electron chi connectivity index (χ4n) is 2.80. The number of hydrogen-bond donors (Lipinski definition) is 10. The molecule has 0 saturated carbocycles. The Morgan fingerprint density at radius 3 is 1.70 bits per heavy atom. The molecule has 18 heteroatoms. The van der Waals surface area contributed by atoms with Crippen LogP contribution in [0.2, 0.25) is 0 Å². The number of rotatable bonds is 18. The first-order valence-electron chi connectivity index (χ1n) is 10.8. The van der Waals surface area contributed by atoms with Crippen LogP contribution >= 0.6 is 0 Å². The fraction of sp³-hybridized carbons (Fsp3) is 0.579. The second kappa shape index (κ2) is 16.2. The number of carboxylic acid groups (broad SMARTS) is 3. The van der Waals surface area contributed by atoms with E-state index in [9.17, 15) is 38.7 Å². The minimum Gasteiger partial charge on any atom is -0.481 e. The third-order valence-corrected chi connectivity index (χ3v) is 4.62. The summed E-state index contributed by atoms with van der Waals surface area (Å²) in [4.78, 5) is 85.9. The maximum absolute atomic E-state index is 12.8. The number of carbonyl (C=O) groups excluding carboxylic acids is 4. The van der Waals surface area contributed by atoms with E-state index in [1.54, 1.807) is 0 Å². The van der Waals surface area contributed by atoms with Gasteiger partial charge in [0.1, 0.15) is 18.1 Å². The smallest absolute Gasteiger partial charge is 0.326 e. The number of aliphatic imine (C=N–C) groups is 1. The molecule has 4 amide bonds. The topological polar surface area (TPSA) is 333 Å². The van der Waals surface area contributed by atoms with Crippen LogP contribution in [0.5, 0.6) is 0 Å². The van der Waals surface area contributed by atoms with Crippen LogP contribution < -0.4 is 38.9 Å². The molecule has 0 aromatic heterocycles. The Labute approximate surface area is 210 Å². The van der Waals surface area contributed by atoms with Gasteiger partial charge in [-0.3, -0.25) is 33.8 Å². The molecule has 0 bridgehead atoms. The molecule has 37 heavy (non-hydrogen) atoms. The average Bonchev–Trinajstić information content (AvgIpc) is 2.76. The lowest BCUT2D eigenvalue weighted by atomic mass is 10.1. The first kappa shape index (κ1) is 32.5. The van der Waals surface area contributed by atoms with Gasteiger partial charge in [0, 0.05) is 13.0 Å². The van der Waals surface area contributed by atoms with Crippen LogP contribution in [0, 0.1) is 0 Å². The lowest BCUT2D eigenvalue weighted by Crippen LogP contribution is -2.57. The summed E-state index contributed by atoms with van der Waals surface area (Å²) in [5.74, 6) is -8.80. The van der Waals surface area contributed by atoms with Gasteiger partial charge in [0.15, 0.2) is 5.96 Å². The molecule has 0 aromatic carbocycles. The molecule has 0 aliphatic carbocycles. The van der Waals surface area contributed by atoms with Gasteiger partial charge in [0.25, 0.3) is 0 Å². The highest BCUT2D eigenvalue weighted by molar-refractivity contribution is 5.96. The number of nitrogens with one attached hydrogen (secondary N) is 3. The average molecular weight is 533 g/mol. The fourth-order valence-corrected chi connectivity index (χ4v) is 2.80. The molecule has 14 N–H and O–H groups in total. The maximum atomic E-state index is 12.8. The van der Waals surface area contributed by atoms with Gasteiger partial charge < -0.3 is 54.2 Å². The standard InChI is InChI=1S/C19H32N8O10/c20-8(6-13(29)30)15(33)25-9(3-4-12(21)28)16(34)27-11(7-14(31)32)17(35)26-10(18(36)37)2-1-5-24-19(22)23/h8-11H,1-7,20H2,(H2,21,28)(H,25,33)(H,26,35)(H,27,34)(H,29,30)(H,31,32)(H,36,37)(H4,22,23,24). The van der Waals surface area contributed by atoms with Crippen LogP contribution in [0.25, 0.3) is 0 Å². The molecule has 0 saturated heterocycles. The second-order valence-electron chi connectivity index (χ2n) is 7.78. The van der Waals surface area contributed by atoms with E-state index in [4.69, 9.17) is 33.1 Å². The number of nitrogens with zero attached hydrogens (tertiary/aromatic N) is 1. The molecule has 0 fully saturated rings. The van der Waals surface area contributed by atoms with Crippen molar-refractivity contribution in [3.8, 4) is 0 Å². The number of aliphatic carboxylic acids is 3. The lowest BCUT2D eigenvalue weighted by molar-refractivity contribution is -0.143. The molecule has 4 unspecified atom stereocenters. The molecule has 0 aromatic rings. The number of primary amides is 1. The Balaban J connectivity index is 5.56. The van der Waals surface area contributed by atoms with Gasteiger partial charge in [-0.25, -0.2) is 4.79 Å². The zero-order valence-corrected chi connectivity index (χ0v) is 19.7. The van der Waals surface area contributed by atoms with Gasteiger partial charge >= 0.3 is 17.9 Å². The third kappa shape index (κ3) is 14.5. The van der Waals surface area contributed by atoms with Gasteiger partial charge in [0.05, 0.1) is 18.9 Å². The summed E-state index contributed by atoms with van der Waals surface area (Å²) >= 11 is 0. The first-order chi connectivity index (χ1) is 17.1. The van der Waals surface area contributed by atoms with E-state index in [-0.39, 0.29) is 25.3 Å². The van der Waals surface area contributed by atoms with Crippen molar-refractivity contribution >= 4 is 47.5 Å². The summed E-state index contributed by atoms with van der Waals surface area (Å²) in [6.07, 6.45) is -2.55. The van der Waals surface area contributed by atoms with Gasteiger partial charge in [-0.1, -0.05) is 0 Å². The molecule has 0 aliphatic rings. The van der Waals surface area contributed by atoms with Crippen molar-refractivity contribution in [2.75, 3.05) is 6.54 Å². The van der Waals surface area contributed by atoms with Gasteiger partial charge in [-0.15, -0.1) is 0 Å². The summed E-state index contributed by atoms with van der Waals surface area (Å²) in [6.45, 7) is 0.0581. The largest absolute Gasteiger partial charge is 0.481 e. The Morgan fingerprint density at radius 2 is 1.22 bits per heavy atom. The highest BCUT2D eigenvalue weighted by Gasteiger charge is 2.32. The summed E-state index contributed by atoms with van der Waals surface area (Å²) in [7, 11) is 0. The molecular weight excluding hydrogens is 500 g/mol. The molecule has 0 heterocycles. The number of nitrogens with two attached hydrogens (primary N) is 4. The van der Waals surface area contributed by atoms with E-state index >= 15 is 0 Å². The van der Waals surface area contributed by atoms with Crippen molar-refractivity contribution in [2.24, 2.45) is 27.9 Å². The third-order valence-electron chi connectivity index (χ3n) is 4.62. The number of guanidine groups is 1. The minimum atomic E-state index is -1.79. The molecule has 0 spiro atoms. The SMILES string of the molecule is NC(=O)CCC(NC(=O)C(N)CC(=O)O)C(=O)NC(CC(=O)O)C(=O)NC(CCCN=C(N)N)C(=O)O. The highest BCUT2D eigenvalue weighted by atomic mass is 16.4. The van der Waals surface area contributed by atoms with Crippen LogP contribution in [0.15, 0.2) is 4.99 Å². The Morgan fingerprint density at radius 1 is 0.703 bits per heavy atom. The maximum Gasteiger partial charge on any atom is 0.326 e. The van der Waals surface area contributed by atoms with E-state index in [0.717, 1.165) is 0 Å². The quantitative estimate of drug-likeness (QED) is 0.0450. The molecule has 0 rings (SSSR count). The predicted molar refractivity (Wildman–Crippen MR) is 124 cm³/mol. The van der Waals surface area contributed by atoms with Crippen LogP contribution in [0.4, 0.5) is 0 Å². The monoisotopic (exact) mass is 532 g/mol. The first-order valence-corrected chi connectivity index (χ1v) is 10.8. The van der Waals surface area contributed by atoms with Crippen LogP contribution in [-0.2, 0) is 33.6 Å². The highest BCUT2D eigenvalue weighted by Crippen LogP contribution is 2.05. The zero-order valence-electron chi connectivity index (χ0n) is 19.7. The lowest BCUT2D eigenvalue weighted by Gasteiger charge is -2.24. The van der Waals surface area contributed by atoms with E-state index in [1.165, 1.54) is 0 Å². The zero-order chi connectivity index (χ0) is 28.7. The molecule has 4 atom stereocenters. The second-order valence-corrected chi connectivity index (χ2v) is 7.78. The Hall–Kier alpha value is -4.48. The number of carbonyl (C=O) groups is 7. The van der Waals surface area contributed by atoms with Crippen molar-refractivity contribution in [3.63, 3.8) is 0 Å². The van der Waals surface area contributed by atoms with E-state index in [0.29, 0.717) is 0 Å². The van der Waals surface area contributed by atoms with Gasteiger partial charge in [-0.05, 0) is 19.3 Å². The molecule has 208 valence electrons. The van der Waals surface area contributed by atoms with Crippen LogP contribution in [-0.4, -0.2) is 93.5 Å². The number of carboxylic acids is 3. The Kier molecular flexibility index (Phi) is 14.3. The van der Waals surface area contributed by atoms with E-state index in [1.807, 2.05) is 0 Å². The predicted octanol–water partition coefficient (Wildman–Crippen LogP) is -4.88. The normalized spacial score (nSPS) is 13.6.